The molecule has 7 nitrogen and oxygen atoms in total. The number of rotatable bonds is 10. The Morgan fingerprint density at radius 2 is 1.86 bits per heavy atom. The van der Waals surface area contributed by atoms with Gasteiger partial charge in [0.25, 0.3) is 0 Å². The molecule has 0 saturated carbocycles. The third-order valence-electron chi connectivity index (χ3n) is 4.72. The fourth-order valence-electron chi connectivity index (χ4n) is 3.16. The normalized spacial score (nSPS) is 14.8. The highest BCUT2D eigenvalue weighted by Crippen LogP contribution is 2.17. The second-order valence-electron chi connectivity index (χ2n) is 6.83. The van der Waals surface area contributed by atoms with Gasteiger partial charge in [0.2, 0.25) is 5.91 Å². The van der Waals surface area contributed by atoms with Crippen molar-refractivity contribution < 1.29 is 13.9 Å². The zero-order valence-electron chi connectivity index (χ0n) is 17.6. The minimum atomic E-state index is -0.232. The Morgan fingerprint density at radius 1 is 1.14 bits per heavy atom. The standard InChI is InChI=1S/C21H34FN5O2/c1-3-23-21(24-11-5-17-29-4-2)25-12-10-20(28)27-15-13-26(14-16-27)19-8-6-18(22)7-9-19/h6-9H,3-5,10-17H2,1-2H3,(H2,23,24,25). The van der Waals surface area contributed by atoms with Gasteiger partial charge in [-0.05, 0) is 44.5 Å². The Morgan fingerprint density at radius 3 is 2.52 bits per heavy atom. The van der Waals surface area contributed by atoms with Crippen LogP contribution in [0, 0.1) is 5.82 Å². The summed E-state index contributed by atoms with van der Waals surface area (Å²) in [5.74, 6) is 0.645. The molecule has 1 aliphatic heterocycles. The van der Waals surface area contributed by atoms with E-state index in [4.69, 9.17) is 4.74 Å². The number of hydrogen-bond donors (Lipinski definition) is 2. The molecule has 0 unspecified atom stereocenters. The lowest BCUT2D eigenvalue weighted by Gasteiger charge is -2.36. The van der Waals surface area contributed by atoms with E-state index in [1.54, 1.807) is 12.1 Å². The van der Waals surface area contributed by atoms with Crippen LogP contribution in [0.1, 0.15) is 26.7 Å². The Kier molecular flexibility index (Phi) is 10.3. The molecule has 0 bridgehead atoms. The number of guanidine groups is 1. The van der Waals surface area contributed by atoms with Crippen LogP contribution in [-0.2, 0) is 9.53 Å². The van der Waals surface area contributed by atoms with E-state index in [9.17, 15) is 9.18 Å². The summed E-state index contributed by atoms with van der Waals surface area (Å²) in [5, 5.41) is 6.42. The predicted octanol–water partition coefficient (Wildman–Crippen LogP) is 1.85. The van der Waals surface area contributed by atoms with E-state index in [-0.39, 0.29) is 11.7 Å². The van der Waals surface area contributed by atoms with Crippen molar-refractivity contribution in [2.75, 3.05) is 63.9 Å². The van der Waals surface area contributed by atoms with Crippen molar-refractivity contribution in [2.45, 2.75) is 26.7 Å². The summed E-state index contributed by atoms with van der Waals surface area (Å²) < 4.78 is 18.4. The molecule has 0 spiro atoms. The molecule has 2 N–H and O–H groups in total. The zero-order valence-corrected chi connectivity index (χ0v) is 17.6. The quantitative estimate of drug-likeness (QED) is 0.352. The number of aliphatic imine (C=N–C) groups is 1. The van der Waals surface area contributed by atoms with Crippen LogP contribution in [0.15, 0.2) is 29.3 Å². The van der Waals surface area contributed by atoms with Crippen molar-refractivity contribution in [3.63, 3.8) is 0 Å². The van der Waals surface area contributed by atoms with E-state index in [2.05, 4.69) is 20.5 Å². The van der Waals surface area contributed by atoms with Gasteiger partial charge < -0.3 is 25.2 Å². The number of carbonyl (C=O) groups is 1. The lowest BCUT2D eigenvalue weighted by Crippen LogP contribution is -2.49. The van der Waals surface area contributed by atoms with Gasteiger partial charge in [0.15, 0.2) is 5.96 Å². The average molecular weight is 408 g/mol. The molecule has 1 aromatic carbocycles. The summed E-state index contributed by atoms with van der Waals surface area (Å²) in [6, 6.07) is 6.51. The number of benzene rings is 1. The molecule has 1 saturated heterocycles. The number of hydrogen-bond acceptors (Lipinski definition) is 4. The third-order valence-corrected chi connectivity index (χ3v) is 4.72. The number of nitrogens with one attached hydrogen (secondary N) is 2. The van der Waals surface area contributed by atoms with Crippen LogP contribution in [-0.4, -0.2) is 75.8 Å². The molecule has 0 radical (unpaired) electrons. The first-order chi connectivity index (χ1) is 14.1. The molecule has 1 amide bonds. The van der Waals surface area contributed by atoms with Crippen molar-refractivity contribution in [3.8, 4) is 0 Å². The molecule has 0 atom stereocenters. The molecule has 0 aliphatic carbocycles. The van der Waals surface area contributed by atoms with Gasteiger partial charge in [-0.3, -0.25) is 9.79 Å². The maximum absolute atomic E-state index is 13.1. The van der Waals surface area contributed by atoms with Crippen molar-refractivity contribution in [1.82, 2.24) is 15.5 Å². The number of amides is 1. The van der Waals surface area contributed by atoms with Crippen LogP contribution in [0.3, 0.4) is 0 Å². The highest BCUT2D eigenvalue weighted by molar-refractivity contribution is 5.81. The van der Waals surface area contributed by atoms with Gasteiger partial charge in [-0.15, -0.1) is 0 Å². The van der Waals surface area contributed by atoms with Crippen LogP contribution in [0.25, 0.3) is 0 Å². The number of anilines is 1. The fraction of sp³-hybridized carbons (Fsp3) is 0.619. The van der Waals surface area contributed by atoms with Crippen molar-refractivity contribution >= 4 is 17.6 Å². The van der Waals surface area contributed by atoms with Gasteiger partial charge in [-0.2, -0.15) is 0 Å². The van der Waals surface area contributed by atoms with Gasteiger partial charge in [0.05, 0.1) is 0 Å². The van der Waals surface area contributed by atoms with Crippen LogP contribution < -0.4 is 15.5 Å². The Labute approximate surface area is 173 Å². The van der Waals surface area contributed by atoms with Gasteiger partial charge in [0.1, 0.15) is 5.82 Å². The second kappa shape index (κ2) is 13.0. The minimum Gasteiger partial charge on any atom is -0.382 e. The first kappa shape index (κ1) is 22.9. The van der Waals surface area contributed by atoms with E-state index < -0.39 is 0 Å². The lowest BCUT2D eigenvalue weighted by molar-refractivity contribution is -0.131. The molecule has 1 fully saturated rings. The molecule has 0 aromatic heterocycles. The van der Waals surface area contributed by atoms with Crippen molar-refractivity contribution in [1.29, 1.82) is 0 Å². The first-order valence-electron chi connectivity index (χ1n) is 10.5. The maximum atomic E-state index is 13.1. The van der Waals surface area contributed by atoms with E-state index in [1.165, 1.54) is 12.1 Å². The highest BCUT2D eigenvalue weighted by atomic mass is 19.1. The van der Waals surface area contributed by atoms with Gasteiger partial charge >= 0.3 is 0 Å². The summed E-state index contributed by atoms with van der Waals surface area (Å²) in [6.07, 6.45) is 1.31. The minimum absolute atomic E-state index is 0.142. The van der Waals surface area contributed by atoms with E-state index in [0.29, 0.717) is 39.2 Å². The SMILES string of the molecule is CCNC(=NCCCOCC)NCCC(=O)N1CCN(c2ccc(F)cc2)CC1. The summed E-state index contributed by atoms with van der Waals surface area (Å²) >= 11 is 0. The van der Waals surface area contributed by atoms with Gasteiger partial charge in [-0.1, -0.05) is 0 Å². The van der Waals surface area contributed by atoms with Gasteiger partial charge in [-0.25, -0.2) is 4.39 Å². The van der Waals surface area contributed by atoms with E-state index in [1.807, 2.05) is 18.7 Å². The summed E-state index contributed by atoms with van der Waals surface area (Å²) in [5.41, 5.74) is 0.996. The summed E-state index contributed by atoms with van der Waals surface area (Å²) in [6.45, 7) is 10.3. The Balaban J connectivity index is 1.69. The molecule has 1 heterocycles. The highest BCUT2D eigenvalue weighted by Gasteiger charge is 2.21. The second-order valence-corrected chi connectivity index (χ2v) is 6.83. The largest absolute Gasteiger partial charge is 0.382 e. The first-order valence-corrected chi connectivity index (χ1v) is 10.5. The van der Waals surface area contributed by atoms with Crippen LogP contribution >= 0.6 is 0 Å². The van der Waals surface area contributed by atoms with Crippen LogP contribution in [0.2, 0.25) is 0 Å². The molecular formula is C21H34FN5O2. The predicted molar refractivity (Wildman–Crippen MR) is 115 cm³/mol. The number of halogens is 1. The molecule has 8 heteroatoms. The molecular weight excluding hydrogens is 373 g/mol. The third kappa shape index (κ3) is 8.27. The number of nitrogens with zero attached hydrogens (tertiary/aromatic N) is 3. The maximum Gasteiger partial charge on any atom is 0.224 e. The molecule has 162 valence electrons. The van der Waals surface area contributed by atoms with Crippen molar-refractivity contribution in [2.24, 2.45) is 4.99 Å². The lowest BCUT2D eigenvalue weighted by atomic mass is 10.2. The Hall–Kier alpha value is -2.35. The number of ether oxygens (including phenoxy) is 1. The fourth-order valence-corrected chi connectivity index (χ4v) is 3.16. The molecule has 1 aromatic rings. The van der Waals surface area contributed by atoms with Crippen molar-refractivity contribution in [3.05, 3.63) is 30.1 Å². The number of carbonyl (C=O) groups excluding carboxylic acids is 1. The molecule has 2 rings (SSSR count). The molecule has 1 aliphatic rings. The van der Waals surface area contributed by atoms with Crippen LogP contribution in [0.5, 0.6) is 0 Å². The van der Waals surface area contributed by atoms with Crippen LogP contribution in [0.4, 0.5) is 10.1 Å². The average Bonchev–Trinajstić information content (AvgIpc) is 2.74. The summed E-state index contributed by atoms with van der Waals surface area (Å²) in [7, 11) is 0. The van der Waals surface area contributed by atoms with E-state index in [0.717, 1.165) is 44.3 Å². The Bertz CT molecular complexity index is 630. The van der Waals surface area contributed by atoms with E-state index >= 15 is 0 Å². The van der Waals surface area contributed by atoms with Gasteiger partial charge in [0, 0.05) is 71.1 Å². The summed E-state index contributed by atoms with van der Waals surface area (Å²) in [4.78, 5) is 21.1. The smallest absolute Gasteiger partial charge is 0.224 e. The monoisotopic (exact) mass is 407 g/mol. The number of piperazine rings is 1. The topological polar surface area (TPSA) is 69.2 Å². The molecule has 29 heavy (non-hydrogen) atoms. The zero-order chi connectivity index (χ0) is 20.9.